The second-order valence-corrected chi connectivity index (χ2v) is 6.82. The molecule has 120 valence electrons. The Morgan fingerprint density at radius 3 is 2.52 bits per heavy atom. The average molecular weight is 374 g/mol. The van der Waals surface area contributed by atoms with Gasteiger partial charge in [-0.25, -0.2) is 4.98 Å². The molecule has 2 aromatic rings. The molecular formula is C18H20BrN3O. The third kappa shape index (κ3) is 4.79. The van der Waals surface area contributed by atoms with Crippen LogP contribution in [0.2, 0.25) is 0 Å². The van der Waals surface area contributed by atoms with E-state index >= 15 is 0 Å². The lowest BCUT2D eigenvalue weighted by molar-refractivity contribution is -0.115. The van der Waals surface area contributed by atoms with Gasteiger partial charge in [0, 0.05) is 10.5 Å². The van der Waals surface area contributed by atoms with Gasteiger partial charge in [-0.2, -0.15) is 0 Å². The van der Waals surface area contributed by atoms with Gasteiger partial charge in [0.2, 0.25) is 5.91 Å². The number of halogens is 1. The van der Waals surface area contributed by atoms with E-state index in [0.29, 0.717) is 12.5 Å². The lowest BCUT2D eigenvalue weighted by Crippen LogP contribution is -2.16. The maximum atomic E-state index is 12.1. The minimum atomic E-state index is -0.0365. The number of hydrogen-bond acceptors (Lipinski definition) is 3. The summed E-state index contributed by atoms with van der Waals surface area (Å²) in [5.74, 6) is 0.841. The lowest BCUT2D eigenvalue weighted by Gasteiger charge is -2.13. The average Bonchev–Trinajstić information content (AvgIpc) is 3.04. The summed E-state index contributed by atoms with van der Waals surface area (Å²) in [4.78, 5) is 16.4. The van der Waals surface area contributed by atoms with E-state index in [9.17, 15) is 4.79 Å². The van der Waals surface area contributed by atoms with Crippen molar-refractivity contribution in [2.75, 3.05) is 10.6 Å². The number of nitrogens with one attached hydrogen (secondary N) is 2. The SMILES string of the molecule is O=C(Cc1ccc(Br)cc1)Nc1ccc(NC2CCCC2)nc1. The van der Waals surface area contributed by atoms with Crippen LogP contribution in [0.25, 0.3) is 0 Å². The molecule has 1 aromatic heterocycles. The minimum absolute atomic E-state index is 0.0365. The normalized spacial score (nSPS) is 14.7. The predicted molar refractivity (Wildman–Crippen MR) is 96.6 cm³/mol. The maximum Gasteiger partial charge on any atom is 0.228 e. The van der Waals surface area contributed by atoms with Crippen molar-refractivity contribution in [2.45, 2.75) is 38.1 Å². The van der Waals surface area contributed by atoms with Crippen molar-refractivity contribution in [2.24, 2.45) is 0 Å². The smallest absolute Gasteiger partial charge is 0.228 e. The molecule has 1 fully saturated rings. The first kappa shape index (κ1) is 16.0. The van der Waals surface area contributed by atoms with Gasteiger partial charge in [-0.3, -0.25) is 4.79 Å². The Balaban J connectivity index is 1.52. The van der Waals surface area contributed by atoms with Crippen LogP contribution in [0.15, 0.2) is 47.1 Å². The van der Waals surface area contributed by atoms with E-state index in [1.54, 1.807) is 6.20 Å². The van der Waals surface area contributed by atoms with Crippen LogP contribution in [0.5, 0.6) is 0 Å². The van der Waals surface area contributed by atoms with Crippen LogP contribution >= 0.6 is 15.9 Å². The largest absolute Gasteiger partial charge is 0.367 e. The molecule has 0 spiro atoms. The Bertz CT molecular complexity index is 649. The number of benzene rings is 1. The van der Waals surface area contributed by atoms with E-state index in [1.165, 1.54) is 25.7 Å². The third-order valence-electron chi connectivity index (χ3n) is 4.03. The zero-order valence-corrected chi connectivity index (χ0v) is 14.5. The quantitative estimate of drug-likeness (QED) is 0.817. The van der Waals surface area contributed by atoms with Gasteiger partial charge in [0.15, 0.2) is 0 Å². The first-order valence-electron chi connectivity index (χ1n) is 7.96. The van der Waals surface area contributed by atoms with Crippen LogP contribution in [0.1, 0.15) is 31.2 Å². The molecule has 4 nitrogen and oxygen atoms in total. The van der Waals surface area contributed by atoms with E-state index in [2.05, 4.69) is 31.5 Å². The summed E-state index contributed by atoms with van der Waals surface area (Å²) < 4.78 is 1.01. The molecule has 0 aliphatic heterocycles. The highest BCUT2D eigenvalue weighted by Gasteiger charge is 2.14. The number of aromatic nitrogens is 1. The molecule has 0 bridgehead atoms. The van der Waals surface area contributed by atoms with Crippen LogP contribution in [0, 0.1) is 0 Å². The number of anilines is 2. The Labute approximate surface area is 144 Å². The highest BCUT2D eigenvalue weighted by Crippen LogP contribution is 2.21. The molecule has 0 radical (unpaired) electrons. The van der Waals surface area contributed by atoms with Crippen LogP contribution in [-0.2, 0) is 11.2 Å². The Hall–Kier alpha value is -1.88. The van der Waals surface area contributed by atoms with Crippen LogP contribution in [-0.4, -0.2) is 16.9 Å². The Kier molecular flexibility index (Phi) is 5.28. The first-order chi connectivity index (χ1) is 11.2. The topological polar surface area (TPSA) is 54.0 Å². The van der Waals surface area contributed by atoms with Gasteiger partial charge in [0.05, 0.1) is 18.3 Å². The van der Waals surface area contributed by atoms with Crippen molar-refractivity contribution in [1.82, 2.24) is 4.98 Å². The highest BCUT2D eigenvalue weighted by molar-refractivity contribution is 9.10. The van der Waals surface area contributed by atoms with Gasteiger partial charge in [0.1, 0.15) is 5.82 Å². The number of hydrogen-bond donors (Lipinski definition) is 2. The summed E-state index contributed by atoms with van der Waals surface area (Å²) in [6.45, 7) is 0. The van der Waals surface area contributed by atoms with Gasteiger partial charge < -0.3 is 10.6 Å². The fourth-order valence-corrected chi connectivity index (χ4v) is 3.09. The molecule has 5 heteroatoms. The van der Waals surface area contributed by atoms with Gasteiger partial charge in [0.25, 0.3) is 0 Å². The standard InChI is InChI=1S/C18H20BrN3O/c19-14-7-5-13(6-8-14)11-18(23)22-16-9-10-17(20-12-16)21-15-3-1-2-4-15/h5-10,12,15H,1-4,11H2,(H,20,21)(H,22,23). The fraction of sp³-hybridized carbons (Fsp3) is 0.333. The molecule has 1 aromatic carbocycles. The first-order valence-corrected chi connectivity index (χ1v) is 8.75. The molecule has 1 amide bonds. The summed E-state index contributed by atoms with van der Waals surface area (Å²) >= 11 is 3.39. The summed E-state index contributed by atoms with van der Waals surface area (Å²) in [6.07, 6.45) is 7.08. The monoisotopic (exact) mass is 373 g/mol. The molecular weight excluding hydrogens is 354 g/mol. The fourth-order valence-electron chi connectivity index (χ4n) is 2.83. The molecule has 1 heterocycles. The molecule has 2 N–H and O–H groups in total. The van der Waals surface area contributed by atoms with E-state index in [0.717, 1.165) is 21.5 Å². The number of pyridine rings is 1. The van der Waals surface area contributed by atoms with E-state index < -0.39 is 0 Å². The molecule has 0 saturated heterocycles. The number of carbonyl (C=O) groups excluding carboxylic acids is 1. The van der Waals surface area contributed by atoms with E-state index in [4.69, 9.17) is 0 Å². The molecule has 1 aliphatic carbocycles. The summed E-state index contributed by atoms with van der Waals surface area (Å²) in [5.41, 5.74) is 1.71. The van der Waals surface area contributed by atoms with Gasteiger partial charge in [-0.05, 0) is 42.7 Å². The van der Waals surface area contributed by atoms with Crippen LogP contribution in [0.4, 0.5) is 11.5 Å². The van der Waals surface area contributed by atoms with Crippen molar-refractivity contribution in [3.63, 3.8) is 0 Å². The van der Waals surface area contributed by atoms with Crippen molar-refractivity contribution >= 4 is 33.3 Å². The van der Waals surface area contributed by atoms with E-state index in [1.807, 2.05) is 36.4 Å². The zero-order chi connectivity index (χ0) is 16.1. The van der Waals surface area contributed by atoms with Crippen molar-refractivity contribution in [3.8, 4) is 0 Å². The number of carbonyl (C=O) groups is 1. The molecule has 0 unspecified atom stereocenters. The second kappa shape index (κ2) is 7.59. The highest BCUT2D eigenvalue weighted by atomic mass is 79.9. The Morgan fingerprint density at radius 2 is 1.87 bits per heavy atom. The van der Waals surface area contributed by atoms with Gasteiger partial charge in [-0.15, -0.1) is 0 Å². The van der Waals surface area contributed by atoms with Crippen LogP contribution in [0.3, 0.4) is 0 Å². The molecule has 3 rings (SSSR count). The van der Waals surface area contributed by atoms with Crippen LogP contribution < -0.4 is 10.6 Å². The predicted octanol–water partition coefficient (Wildman–Crippen LogP) is 4.38. The number of amides is 1. The summed E-state index contributed by atoms with van der Waals surface area (Å²) in [7, 11) is 0. The third-order valence-corrected chi connectivity index (χ3v) is 4.56. The lowest BCUT2D eigenvalue weighted by atomic mass is 10.1. The van der Waals surface area contributed by atoms with Gasteiger partial charge >= 0.3 is 0 Å². The van der Waals surface area contributed by atoms with E-state index in [-0.39, 0.29) is 5.91 Å². The van der Waals surface area contributed by atoms with Crippen molar-refractivity contribution < 1.29 is 4.79 Å². The van der Waals surface area contributed by atoms with Crippen molar-refractivity contribution in [1.29, 1.82) is 0 Å². The maximum absolute atomic E-state index is 12.1. The minimum Gasteiger partial charge on any atom is -0.367 e. The van der Waals surface area contributed by atoms with Crippen molar-refractivity contribution in [3.05, 3.63) is 52.6 Å². The summed E-state index contributed by atoms with van der Waals surface area (Å²) in [5, 5.41) is 6.32. The number of nitrogens with zero attached hydrogens (tertiary/aromatic N) is 1. The molecule has 23 heavy (non-hydrogen) atoms. The zero-order valence-electron chi connectivity index (χ0n) is 12.9. The molecule has 0 atom stereocenters. The second-order valence-electron chi connectivity index (χ2n) is 5.91. The van der Waals surface area contributed by atoms with Gasteiger partial charge in [-0.1, -0.05) is 40.9 Å². The number of rotatable bonds is 5. The molecule has 1 aliphatic rings. The Morgan fingerprint density at radius 1 is 1.13 bits per heavy atom. The summed E-state index contributed by atoms with van der Waals surface area (Å²) in [6, 6.07) is 12.1. The molecule has 1 saturated carbocycles.